The number of unbranched alkanes of at least 4 members (excludes halogenated alkanes) is 10. The summed E-state index contributed by atoms with van der Waals surface area (Å²) < 4.78 is 11.8. The summed E-state index contributed by atoms with van der Waals surface area (Å²) in [7, 11) is 0. The molecule has 2 aromatic rings. The molecular formula is C35H50N2O4. The van der Waals surface area contributed by atoms with Crippen LogP contribution in [0.1, 0.15) is 108 Å². The fraction of sp³-hybridized carbons (Fsp3) is 0.486. The smallest absolute Gasteiger partial charge is 0.187 e. The van der Waals surface area contributed by atoms with E-state index in [0.29, 0.717) is 18.8 Å². The molecule has 0 aromatic heterocycles. The fourth-order valence-corrected chi connectivity index (χ4v) is 4.27. The molecule has 2 aromatic carbocycles. The van der Waals surface area contributed by atoms with Crippen molar-refractivity contribution in [2.75, 3.05) is 23.8 Å². The van der Waals surface area contributed by atoms with E-state index in [1.165, 1.54) is 83.3 Å². The van der Waals surface area contributed by atoms with Crippen molar-refractivity contribution in [2.24, 2.45) is 0 Å². The summed E-state index contributed by atoms with van der Waals surface area (Å²) in [5, 5.41) is 6.32. The third-order valence-electron chi connectivity index (χ3n) is 6.69. The molecular weight excluding hydrogens is 512 g/mol. The van der Waals surface area contributed by atoms with Crippen molar-refractivity contribution < 1.29 is 19.1 Å². The predicted molar refractivity (Wildman–Crippen MR) is 171 cm³/mol. The van der Waals surface area contributed by atoms with E-state index in [1.807, 2.05) is 30.3 Å². The van der Waals surface area contributed by atoms with E-state index in [1.54, 1.807) is 24.5 Å². The van der Waals surface area contributed by atoms with Crippen LogP contribution in [0.2, 0.25) is 0 Å². The number of carbonyl (C=O) groups excluding carboxylic acids is 2. The molecule has 0 heterocycles. The van der Waals surface area contributed by atoms with Crippen LogP contribution in [-0.4, -0.2) is 24.8 Å². The van der Waals surface area contributed by atoms with Crippen LogP contribution >= 0.6 is 0 Å². The lowest BCUT2D eigenvalue weighted by Gasteiger charge is -2.13. The van der Waals surface area contributed by atoms with Gasteiger partial charge in [-0.1, -0.05) is 78.1 Å². The molecule has 224 valence electrons. The second kappa shape index (κ2) is 21.2. The van der Waals surface area contributed by atoms with Gasteiger partial charge in [0.15, 0.2) is 11.6 Å². The average molecular weight is 563 g/mol. The lowest BCUT2D eigenvalue weighted by atomic mass is 10.1. The third kappa shape index (κ3) is 15.1. The SMILES string of the molecule is CCCCCCCCOc1ccc(C(=O)/C=C\Nc2ccc(OCCCCCCCC)cc2N/C=C/C(C)=O)cc1. The average Bonchev–Trinajstić information content (AvgIpc) is 2.97. The van der Waals surface area contributed by atoms with Crippen molar-refractivity contribution in [1.29, 1.82) is 0 Å². The monoisotopic (exact) mass is 562 g/mol. The van der Waals surface area contributed by atoms with Crippen LogP contribution in [0.25, 0.3) is 0 Å². The van der Waals surface area contributed by atoms with Crippen LogP contribution < -0.4 is 20.1 Å². The molecule has 0 bridgehead atoms. The Labute approximate surface area is 247 Å². The van der Waals surface area contributed by atoms with Crippen molar-refractivity contribution >= 4 is 22.9 Å². The summed E-state index contributed by atoms with van der Waals surface area (Å²) in [6.45, 7) is 7.31. The van der Waals surface area contributed by atoms with Crippen molar-refractivity contribution in [2.45, 2.75) is 97.8 Å². The van der Waals surface area contributed by atoms with Gasteiger partial charge in [-0.25, -0.2) is 0 Å². The Balaban J connectivity index is 1.88. The van der Waals surface area contributed by atoms with Crippen molar-refractivity contribution in [3.63, 3.8) is 0 Å². The van der Waals surface area contributed by atoms with Gasteiger partial charge in [-0.05, 0) is 62.2 Å². The maximum Gasteiger partial charge on any atom is 0.187 e. The van der Waals surface area contributed by atoms with E-state index < -0.39 is 0 Å². The minimum Gasteiger partial charge on any atom is -0.494 e. The summed E-state index contributed by atoms with van der Waals surface area (Å²) in [6, 6.07) is 13.0. The molecule has 6 heteroatoms. The van der Waals surface area contributed by atoms with E-state index >= 15 is 0 Å². The zero-order valence-electron chi connectivity index (χ0n) is 25.4. The van der Waals surface area contributed by atoms with Crippen molar-refractivity contribution in [3.05, 3.63) is 72.6 Å². The first kappa shape index (κ1) is 33.7. The van der Waals surface area contributed by atoms with E-state index in [0.717, 1.165) is 35.7 Å². The molecule has 0 atom stereocenters. The number of hydrogen-bond acceptors (Lipinski definition) is 6. The molecule has 0 saturated carbocycles. The number of allylic oxidation sites excluding steroid dienone is 2. The Morgan fingerprint density at radius 2 is 1.15 bits per heavy atom. The van der Waals surface area contributed by atoms with Gasteiger partial charge in [0, 0.05) is 30.1 Å². The molecule has 0 aliphatic carbocycles. The number of ketones is 2. The molecule has 6 nitrogen and oxygen atoms in total. The summed E-state index contributed by atoms with van der Waals surface area (Å²) in [5.41, 5.74) is 2.09. The van der Waals surface area contributed by atoms with E-state index in [-0.39, 0.29) is 11.6 Å². The van der Waals surface area contributed by atoms with Crippen LogP contribution in [0, 0.1) is 0 Å². The predicted octanol–water partition coefficient (Wildman–Crippen LogP) is 9.49. The number of rotatable bonds is 23. The number of anilines is 2. The molecule has 0 unspecified atom stereocenters. The standard InChI is InChI=1S/C35H50N2O4/c1-4-6-8-10-12-14-26-40-31-18-16-30(17-19-31)35(39)23-25-36-33-21-20-32(28-34(33)37-24-22-29(3)38)41-27-15-13-11-9-7-5-2/h16-25,28,36-37H,4-15,26-27H2,1-3H3/b24-22+,25-23-. The Morgan fingerprint density at radius 3 is 1.76 bits per heavy atom. The number of hydrogen-bond donors (Lipinski definition) is 2. The minimum absolute atomic E-state index is 0.0493. The highest BCUT2D eigenvalue weighted by Gasteiger charge is 2.06. The molecule has 0 spiro atoms. The van der Waals surface area contributed by atoms with Gasteiger partial charge in [0.2, 0.25) is 0 Å². The highest BCUT2D eigenvalue weighted by atomic mass is 16.5. The van der Waals surface area contributed by atoms with Crippen LogP contribution in [0.3, 0.4) is 0 Å². The van der Waals surface area contributed by atoms with Gasteiger partial charge in [0.25, 0.3) is 0 Å². The van der Waals surface area contributed by atoms with Crippen LogP contribution in [0.15, 0.2) is 67.0 Å². The quantitative estimate of drug-likeness (QED) is 0.0798. The highest BCUT2D eigenvalue weighted by Crippen LogP contribution is 2.28. The number of ether oxygens (including phenoxy) is 2. The maximum atomic E-state index is 12.7. The molecule has 0 amide bonds. The summed E-state index contributed by atoms with van der Waals surface area (Å²) in [6.07, 6.45) is 20.8. The van der Waals surface area contributed by atoms with Gasteiger partial charge in [0.1, 0.15) is 11.5 Å². The van der Waals surface area contributed by atoms with Crippen LogP contribution in [0.4, 0.5) is 11.4 Å². The normalized spacial score (nSPS) is 11.2. The zero-order valence-corrected chi connectivity index (χ0v) is 25.4. The molecule has 0 aliphatic heterocycles. The lowest BCUT2D eigenvalue weighted by molar-refractivity contribution is -0.112. The lowest BCUT2D eigenvalue weighted by Crippen LogP contribution is -2.01. The molecule has 2 N–H and O–H groups in total. The summed E-state index contributed by atoms with van der Waals surface area (Å²) >= 11 is 0. The minimum atomic E-state index is -0.107. The van der Waals surface area contributed by atoms with Gasteiger partial charge in [-0.15, -0.1) is 0 Å². The molecule has 2 rings (SSSR count). The summed E-state index contributed by atoms with van der Waals surface area (Å²) in [4.78, 5) is 24.0. The Bertz CT molecular complexity index is 1080. The van der Waals surface area contributed by atoms with E-state index in [9.17, 15) is 9.59 Å². The van der Waals surface area contributed by atoms with E-state index in [2.05, 4.69) is 24.5 Å². The van der Waals surface area contributed by atoms with Crippen LogP contribution in [0.5, 0.6) is 11.5 Å². The fourth-order valence-electron chi connectivity index (χ4n) is 4.27. The first-order valence-corrected chi connectivity index (χ1v) is 15.4. The molecule has 0 saturated heterocycles. The van der Waals surface area contributed by atoms with Gasteiger partial charge >= 0.3 is 0 Å². The molecule has 0 fully saturated rings. The third-order valence-corrected chi connectivity index (χ3v) is 6.69. The second-order valence-electron chi connectivity index (χ2n) is 10.4. The number of benzene rings is 2. The summed E-state index contributed by atoms with van der Waals surface area (Å²) in [5.74, 6) is 1.38. The molecule has 0 aliphatic rings. The first-order valence-electron chi connectivity index (χ1n) is 15.4. The second-order valence-corrected chi connectivity index (χ2v) is 10.4. The van der Waals surface area contributed by atoms with Gasteiger partial charge in [-0.2, -0.15) is 0 Å². The van der Waals surface area contributed by atoms with Gasteiger partial charge < -0.3 is 20.1 Å². The van der Waals surface area contributed by atoms with Gasteiger partial charge in [-0.3, -0.25) is 9.59 Å². The zero-order chi connectivity index (χ0) is 29.5. The maximum absolute atomic E-state index is 12.7. The van der Waals surface area contributed by atoms with Crippen molar-refractivity contribution in [3.8, 4) is 11.5 Å². The Hall–Kier alpha value is -3.54. The Morgan fingerprint density at radius 1 is 0.634 bits per heavy atom. The molecule has 41 heavy (non-hydrogen) atoms. The van der Waals surface area contributed by atoms with Crippen molar-refractivity contribution in [1.82, 2.24) is 0 Å². The topological polar surface area (TPSA) is 76.7 Å². The van der Waals surface area contributed by atoms with E-state index in [4.69, 9.17) is 9.47 Å². The number of nitrogens with one attached hydrogen (secondary N) is 2. The largest absolute Gasteiger partial charge is 0.494 e. The highest BCUT2D eigenvalue weighted by molar-refractivity contribution is 6.04. The molecule has 0 radical (unpaired) electrons. The first-order chi connectivity index (χ1) is 20.0. The number of carbonyl (C=O) groups is 2. The van der Waals surface area contributed by atoms with Gasteiger partial charge in [0.05, 0.1) is 24.6 Å². The van der Waals surface area contributed by atoms with Crippen LogP contribution in [-0.2, 0) is 4.79 Å². The Kier molecular flexibility index (Phi) is 17.4.